The van der Waals surface area contributed by atoms with Crippen molar-refractivity contribution in [1.82, 2.24) is 14.0 Å². The Morgan fingerprint density at radius 3 is 2.61 bits per heavy atom. The van der Waals surface area contributed by atoms with Crippen LogP contribution in [0, 0.1) is 0 Å². The van der Waals surface area contributed by atoms with Crippen LogP contribution in [0.15, 0.2) is 89.3 Å². The van der Waals surface area contributed by atoms with Gasteiger partial charge in [-0.15, -0.1) is 11.3 Å². The number of thiazole rings is 1. The fraction of sp³-hybridized carbons (Fsp3) is 0.0800. The van der Waals surface area contributed by atoms with Crippen LogP contribution in [0.5, 0.6) is 0 Å². The number of carbonyl (C=O) groups excluding carboxylic acids is 1. The molecule has 0 aliphatic rings. The maximum absolute atomic E-state index is 12.8. The molecule has 6 nitrogen and oxygen atoms in total. The maximum Gasteiger partial charge on any atom is 0.250 e. The number of anilines is 1. The lowest BCUT2D eigenvalue weighted by molar-refractivity contribution is -0.115. The van der Waals surface area contributed by atoms with Gasteiger partial charge < -0.3 is 9.88 Å². The number of pyridine rings is 1. The third-order valence-corrected chi connectivity index (χ3v) is 6.52. The lowest BCUT2D eigenvalue weighted by Crippen LogP contribution is -2.22. The van der Waals surface area contributed by atoms with Crippen LogP contribution in [0.2, 0.25) is 5.02 Å². The van der Waals surface area contributed by atoms with Crippen LogP contribution in [0.25, 0.3) is 16.2 Å². The number of rotatable bonds is 6. The van der Waals surface area contributed by atoms with Gasteiger partial charge in [-0.2, -0.15) is 0 Å². The molecule has 1 N–H and O–H groups in total. The molecule has 33 heavy (non-hydrogen) atoms. The minimum Gasteiger partial charge on any atom is -0.324 e. The second kappa shape index (κ2) is 9.05. The molecule has 5 aromatic rings. The number of nitrogens with one attached hydrogen (secondary N) is 1. The van der Waals surface area contributed by atoms with E-state index >= 15 is 0 Å². The van der Waals surface area contributed by atoms with Gasteiger partial charge in [-0.3, -0.25) is 14.0 Å². The first-order valence-electron chi connectivity index (χ1n) is 10.3. The van der Waals surface area contributed by atoms with Gasteiger partial charge in [0, 0.05) is 40.1 Å². The molecule has 3 heterocycles. The van der Waals surface area contributed by atoms with Crippen molar-refractivity contribution >= 4 is 39.5 Å². The first-order valence-corrected chi connectivity index (χ1v) is 11.6. The number of halogens is 1. The number of amides is 1. The number of hydrogen-bond donors (Lipinski definition) is 1. The van der Waals surface area contributed by atoms with Crippen LogP contribution in [-0.4, -0.2) is 19.9 Å². The van der Waals surface area contributed by atoms with Crippen LogP contribution in [-0.2, 0) is 17.8 Å². The summed E-state index contributed by atoms with van der Waals surface area (Å²) in [7, 11) is 0. The van der Waals surface area contributed by atoms with Crippen LogP contribution in [0.3, 0.4) is 0 Å². The van der Waals surface area contributed by atoms with E-state index < -0.39 is 0 Å². The summed E-state index contributed by atoms with van der Waals surface area (Å²) in [4.78, 5) is 30.6. The summed E-state index contributed by atoms with van der Waals surface area (Å²) in [5.74, 6) is -0.174. The Bertz CT molecular complexity index is 1500. The maximum atomic E-state index is 12.8. The SMILES string of the molecule is O=C(Cc1csc2nc(-c3ccccc3)cn12)Nc1ccc(=O)n(Cc2ccccc2Cl)c1. The third kappa shape index (κ3) is 4.60. The third-order valence-electron chi connectivity index (χ3n) is 5.26. The number of imidazole rings is 1. The summed E-state index contributed by atoms with van der Waals surface area (Å²) in [6.45, 7) is 0.324. The van der Waals surface area contributed by atoms with Crippen molar-refractivity contribution in [3.63, 3.8) is 0 Å². The van der Waals surface area contributed by atoms with Gasteiger partial charge in [-0.05, 0) is 17.7 Å². The molecule has 0 atom stereocenters. The van der Waals surface area contributed by atoms with Gasteiger partial charge in [0.2, 0.25) is 5.91 Å². The first kappa shape index (κ1) is 21.2. The highest BCUT2D eigenvalue weighted by Gasteiger charge is 2.13. The predicted octanol–water partition coefficient (Wildman–Crippen LogP) is 5.11. The summed E-state index contributed by atoms with van der Waals surface area (Å²) in [5, 5.41) is 5.42. The second-order valence-electron chi connectivity index (χ2n) is 7.57. The van der Waals surface area contributed by atoms with E-state index in [4.69, 9.17) is 11.6 Å². The number of fused-ring (bicyclic) bond motifs is 1. The van der Waals surface area contributed by atoms with E-state index in [9.17, 15) is 9.59 Å². The summed E-state index contributed by atoms with van der Waals surface area (Å²) in [6.07, 6.45) is 3.78. The number of benzene rings is 2. The van der Waals surface area contributed by atoms with Crippen LogP contribution in [0.4, 0.5) is 5.69 Å². The zero-order valence-electron chi connectivity index (χ0n) is 17.4. The molecule has 0 aliphatic carbocycles. The molecule has 0 saturated heterocycles. The molecule has 3 aromatic heterocycles. The van der Waals surface area contributed by atoms with Crippen molar-refractivity contribution in [2.24, 2.45) is 0 Å². The number of nitrogens with zero attached hydrogens (tertiary/aromatic N) is 3. The number of hydrogen-bond acceptors (Lipinski definition) is 4. The molecule has 0 aliphatic heterocycles. The molecule has 0 radical (unpaired) electrons. The molecule has 0 saturated carbocycles. The highest BCUT2D eigenvalue weighted by molar-refractivity contribution is 7.15. The van der Waals surface area contributed by atoms with Gasteiger partial charge in [0.05, 0.1) is 24.3 Å². The minimum absolute atomic E-state index is 0.167. The zero-order chi connectivity index (χ0) is 22.8. The molecule has 8 heteroatoms. The zero-order valence-corrected chi connectivity index (χ0v) is 19.0. The monoisotopic (exact) mass is 474 g/mol. The molecular formula is C25H19ClN4O2S. The lowest BCUT2D eigenvalue weighted by Gasteiger charge is -2.10. The van der Waals surface area contributed by atoms with E-state index in [2.05, 4.69) is 10.3 Å². The molecule has 2 aromatic carbocycles. The highest BCUT2D eigenvalue weighted by atomic mass is 35.5. The van der Waals surface area contributed by atoms with Gasteiger partial charge in [-0.25, -0.2) is 4.98 Å². The van der Waals surface area contributed by atoms with E-state index in [1.165, 1.54) is 22.0 Å². The summed E-state index contributed by atoms with van der Waals surface area (Å²) in [5.41, 5.74) is 3.97. The standard InChI is InChI=1S/C25H19ClN4O2S/c26-21-9-5-4-8-18(21)13-29-14-19(10-11-24(29)32)27-23(31)12-20-16-33-25-28-22(15-30(20)25)17-6-2-1-3-7-17/h1-11,14-16H,12-13H2,(H,27,31). The van der Waals surface area contributed by atoms with Crippen molar-refractivity contribution in [3.05, 3.63) is 111 Å². The van der Waals surface area contributed by atoms with Crippen LogP contribution < -0.4 is 10.9 Å². The van der Waals surface area contributed by atoms with Gasteiger partial charge in [0.15, 0.2) is 4.96 Å². The Hall–Kier alpha value is -3.68. The van der Waals surface area contributed by atoms with E-state index in [0.717, 1.165) is 27.5 Å². The fourth-order valence-electron chi connectivity index (χ4n) is 3.61. The molecule has 0 unspecified atom stereocenters. The van der Waals surface area contributed by atoms with Gasteiger partial charge in [0.25, 0.3) is 5.56 Å². The van der Waals surface area contributed by atoms with Gasteiger partial charge >= 0.3 is 0 Å². The summed E-state index contributed by atoms with van der Waals surface area (Å²) >= 11 is 7.73. The minimum atomic E-state index is -0.174. The molecule has 164 valence electrons. The smallest absolute Gasteiger partial charge is 0.250 e. The normalized spacial score (nSPS) is 11.1. The Morgan fingerprint density at radius 2 is 1.79 bits per heavy atom. The van der Waals surface area contributed by atoms with Gasteiger partial charge in [0.1, 0.15) is 0 Å². The van der Waals surface area contributed by atoms with E-state index in [1.54, 1.807) is 18.3 Å². The van der Waals surface area contributed by atoms with Crippen molar-refractivity contribution < 1.29 is 4.79 Å². The molecule has 0 spiro atoms. The molecular weight excluding hydrogens is 456 g/mol. The van der Waals surface area contributed by atoms with Crippen LogP contribution in [0.1, 0.15) is 11.3 Å². The molecule has 0 bridgehead atoms. The second-order valence-corrected chi connectivity index (χ2v) is 8.82. The van der Waals surface area contributed by atoms with Crippen molar-refractivity contribution in [3.8, 4) is 11.3 Å². The van der Waals surface area contributed by atoms with Crippen molar-refractivity contribution in [1.29, 1.82) is 0 Å². The first-order chi connectivity index (χ1) is 16.1. The largest absolute Gasteiger partial charge is 0.324 e. The predicted molar refractivity (Wildman–Crippen MR) is 132 cm³/mol. The summed E-state index contributed by atoms with van der Waals surface area (Å²) in [6, 6.07) is 20.4. The fourth-order valence-corrected chi connectivity index (χ4v) is 4.68. The van der Waals surface area contributed by atoms with Crippen molar-refractivity contribution in [2.45, 2.75) is 13.0 Å². The number of aromatic nitrogens is 3. The van der Waals surface area contributed by atoms with E-state index in [0.29, 0.717) is 17.3 Å². The Balaban J connectivity index is 1.32. The number of carbonyl (C=O) groups is 1. The topological polar surface area (TPSA) is 68.4 Å². The average molecular weight is 475 g/mol. The Labute approximate surface area is 198 Å². The van der Waals surface area contributed by atoms with Gasteiger partial charge in [-0.1, -0.05) is 60.1 Å². The molecule has 5 rings (SSSR count). The lowest BCUT2D eigenvalue weighted by atomic mass is 10.2. The van der Waals surface area contributed by atoms with Crippen molar-refractivity contribution in [2.75, 3.05) is 5.32 Å². The average Bonchev–Trinajstić information content (AvgIpc) is 3.40. The summed E-state index contributed by atoms with van der Waals surface area (Å²) < 4.78 is 3.48. The molecule has 0 fully saturated rings. The van der Waals surface area contributed by atoms with Crippen LogP contribution >= 0.6 is 22.9 Å². The van der Waals surface area contributed by atoms with E-state index in [-0.39, 0.29) is 17.9 Å². The highest BCUT2D eigenvalue weighted by Crippen LogP contribution is 2.24. The quantitative estimate of drug-likeness (QED) is 0.372. The molecule has 1 amide bonds. The Kier molecular flexibility index (Phi) is 5.81. The Morgan fingerprint density at radius 1 is 1.00 bits per heavy atom. The van der Waals surface area contributed by atoms with E-state index in [1.807, 2.05) is 64.5 Å².